The minimum Gasteiger partial charge on any atom is -0.497 e. The molecule has 0 aliphatic heterocycles. The third-order valence-corrected chi connectivity index (χ3v) is 5.30. The summed E-state index contributed by atoms with van der Waals surface area (Å²) < 4.78 is 51.3. The van der Waals surface area contributed by atoms with Crippen LogP contribution in [0.2, 0.25) is 0 Å². The maximum absolute atomic E-state index is 13.3. The Balaban J connectivity index is 1.80. The first kappa shape index (κ1) is 23.0. The lowest BCUT2D eigenvalue weighted by Crippen LogP contribution is -2.34. The Labute approximate surface area is 190 Å². The first-order chi connectivity index (χ1) is 16.1. The van der Waals surface area contributed by atoms with E-state index in [2.05, 4.69) is 15.6 Å². The molecule has 0 aliphatic rings. The number of fused-ring (bicyclic) bond motifs is 1. The van der Waals surface area contributed by atoms with Gasteiger partial charge in [0.25, 0.3) is 5.56 Å². The number of hydrogen-bond acceptors (Lipinski definition) is 6. The van der Waals surface area contributed by atoms with Gasteiger partial charge in [0.1, 0.15) is 23.2 Å². The van der Waals surface area contributed by atoms with E-state index in [0.717, 1.165) is 16.8 Å². The van der Waals surface area contributed by atoms with Gasteiger partial charge in [0.2, 0.25) is 5.91 Å². The third kappa shape index (κ3) is 4.12. The summed E-state index contributed by atoms with van der Waals surface area (Å²) >= 11 is 0. The van der Waals surface area contributed by atoms with Gasteiger partial charge in [-0.25, -0.2) is 4.68 Å². The lowest BCUT2D eigenvalue weighted by atomic mass is 10.1. The Bertz CT molecular complexity index is 1440. The number of methoxy groups -OCH3 is 1. The highest BCUT2D eigenvalue weighted by Crippen LogP contribution is 2.35. The number of carbonyl (C=O) groups is 1. The molecule has 0 unspecified atom stereocenters. The van der Waals surface area contributed by atoms with Gasteiger partial charge in [0.15, 0.2) is 5.52 Å². The fourth-order valence-corrected chi connectivity index (χ4v) is 3.53. The first-order valence-electron chi connectivity index (χ1n) is 10.1. The average molecular weight is 472 g/mol. The Morgan fingerprint density at radius 2 is 1.91 bits per heavy atom. The number of halogens is 3. The van der Waals surface area contributed by atoms with Gasteiger partial charge in [-0.3, -0.25) is 9.59 Å². The van der Waals surface area contributed by atoms with Gasteiger partial charge in [-0.15, -0.1) is 0 Å². The zero-order valence-corrected chi connectivity index (χ0v) is 18.3. The number of benzene rings is 2. The van der Waals surface area contributed by atoms with Crippen molar-refractivity contribution in [3.8, 4) is 17.0 Å². The predicted octanol–water partition coefficient (Wildman–Crippen LogP) is 4.59. The second kappa shape index (κ2) is 8.65. The molecular weight excluding hydrogens is 453 g/mol. The summed E-state index contributed by atoms with van der Waals surface area (Å²) in [6.07, 6.45) is -4.67. The molecule has 0 spiro atoms. The molecule has 0 fully saturated rings. The van der Waals surface area contributed by atoms with E-state index in [4.69, 9.17) is 9.26 Å². The predicted molar refractivity (Wildman–Crippen MR) is 118 cm³/mol. The maximum Gasteiger partial charge on any atom is 0.418 e. The molecule has 1 amide bonds. The van der Waals surface area contributed by atoms with Gasteiger partial charge >= 0.3 is 6.18 Å². The first-order valence-corrected chi connectivity index (χ1v) is 10.1. The largest absolute Gasteiger partial charge is 0.497 e. The Kier molecular flexibility index (Phi) is 5.86. The topological polar surface area (TPSA) is 99.2 Å². The molecule has 0 saturated carbocycles. The molecule has 8 nitrogen and oxygen atoms in total. The van der Waals surface area contributed by atoms with Crippen molar-refractivity contribution >= 4 is 22.5 Å². The molecule has 1 N–H and O–H groups in total. The molecule has 0 radical (unpaired) electrons. The number of ether oxygens (including phenoxy) is 1. The van der Waals surface area contributed by atoms with Crippen molar-refractivity contribution < 1.29 is 27.2 Å². The van der Waals surface area contributed by atoms with E-state index in [9.17, 15) is 22.8 Å². The van der Waals surface area contributed by atoms with Crippen LogP contribution in [-0.4, -0.2) is 28.0 Å². The van der Waals surface area contributed by atoms with Crippen LogP contribution < -0.4 is 15.6 Å². The van der Waals surface area contributed by atoms with E-state index < -0.39 is 34.9 Å². The van der Waals surface area contributed by atoms with Crippen LogP contribution in [0.3, 0.4) is 0 Å². The van der Waals surface area contributed by atoms with Crippen molar-refractivity contribution in [3.05, 3.63) is 70.2 Å². The highest BCUT2D eigenvalue weighted by atomic mass is 19.4. The van der Waals surface area contributed by atoms with Crippen molar-refractivity contribution in [1.29, 1.82) is 0 Å². The summed E-state index contributed by atoms with van der Waals surface area (Å²) in [6.45, 7) is 2.97. The quantitative estimate of drug-likeness (QED) is 0.456. The average Bonchev–Trinajstić information content (AvgIpc) is 3.20. The number of nitrogens with zero attached hydrogens (tertiary/aromatic N) is 3. The molecule has 2 aromatic carbocycles. The summed E-state index contributed by atoms with van der Waals surface area (Å²) in [5, 5.41) is 10.8. The molecule has 2 aromatic heterocycles. The van der Waals surface area contributed by atoms with E-state index in [-0.39, 0.29) is 5.52 Å². The van der Waals surface area contributed by atoms with E-state index in [1.807, 2.05) is 0 Å². The monoisotopic (exact) mass is 472 g/mol. The summed E-state index contributed by atoms with van der Waals surface area (Å²) in [5.41, 5.74) is -1.32. The Hall–Kier alpha value is -4.15. The van der Waals surface area contributed by atoms with Gasteiger partial charge in [0, 0.05) is 5.56 Å². The number of alkyl halides is 3. The molecular formula is C23H19F3N4O4. The van der Waals surface area contributed by atoms with Crippen molar-refractivity contribution in [3.63, 3.8) is 0 Å². The summed E-state index contributed by atoms with van der Waals surface area (Å²) in [4.78, 5) is 26.0. The molecule has 0 bridgehead atoms. The van der Waals surface area contributed by atoms with Crippen LogP contribution in [0, 0.1) is 6.92 Å². The second-order valence-corrected chi connectivity index (χ2v) is 7.50. The SMILES string of the molecule is COc1cccc(-c2nn([C@H](C)C(=O)Nc3ccccc3C(F)(F)F)c(=O)c3noc(C)c23)c1. The van der Waals surface area contributed by atoms with Crippen LogP contribution in [-0.2, 0) is 11.0 Å². The zero-order chi connectivity index (χ0) is 24.6. The number of aromatic nitrogens is 3. The van der Waals surface area contributed by atoms with Crippen LogP contribution >= 0.6 is 0 Å². The molecule has 2 heterocycles. The van der Waals surface area contributed by atoms with Crippen LogP contribution in [0.15, 0.2) is 57.8 Å². The molecule has 4 rings (SSSR count). The van der Waals surface area contributed by atoms with Crippen LogP contribution in [0.25, 0.3) is 22.2 Å². The van der Waals surface area contributed by atoms with E-state index >= 15 is 0 Å². The molecule has 11 heteroatoms. The van der Waals surface area contributed by atoms with Gasteiger partial charge in [0.05, 0.1) is 23.7 Å². The van der Waals surface area contributed by atoms with Crippen molar-refractivity contribution in [2.45, 2.75) is 26.1 Å². The molecule has 0 aliphatic carbocycles. The van der Waals surface area contributed by atoms with Gasteiger partial charge in [-0.1, -0.05) is 29.4 Å². The normalized spacial score (nSPS) is 12.5. The molecule has 4 aromatic rings. The third-order valence-electron chi connectivity index (χ3n) is 5.30. The fourth-order valence-electron chi connectivity index (χ4n) is 3.53. The number of rotatable bonds is 5. The molecule has 176 valence electrons. The van der Waals surface area contributed by atoms with Crippen LogP contribution in [0.4, 0.5) is 18.9 Å². The van der Waals surface area contributed by atoms with Crippen molar-refractivity contribution in [1.82, 2.24) is 14.9 Å². The summed E-state index contributed by atoms with van der Waals surface area (Å²) in [6, 6.07) is 10.2. The second-order valence-electron chi connectivity index (χ2n) is 7.50. The Morgan fingerprint density at radius 3 is 2.62 bits per heavy atom. The number of anilines is 1. The number of aryl methyl sites for hydroxylation is 1. The van der Waals surface area contributed by atoms with Crippen molar-refractivity contribution in [2.24, 2.45) is 0 Å². The maximum atomic E-state index is 13.3. The van der Waals surface area contributed by atoms with Crippen LogP contribution in [0.5, 0.6) is 5.75 Å². The molecule has 0 saturated heterocycles. The van der Waals surface area contributed by atoms with E-state index in [1.54, 1.807) is 31.2 Å². The lowest BCUT2D eigenvalue weighted by molar-refractivity contribution is -0.137. The lowest BCUT2D eigenvalue weighted by Gasteiger charge is -2.18. The standard InChI is InChI=1S/C23H19F3N4O4/c1-12(21(31)27-17-10-5-4-9-16(17)23(24,25)26)30-22(32)20-18(13(2)34-29-20)19(28-30)14-7-6-8-15(11-14)33-3/h4-12H,1-3H3,(H,27,31)/t12-/m1/s1. The number of hydrogen-bond donors (Lipinski definition) is 1. The minimum absolute atomic E-state index is 0.0549. The Morgan fingerprint density at radius 1 is 1.18 bits per heavy atom. The molecule has 34 heavy (non-hydrogen) atoms. The minimum atomic E-state index is -4.67. The van der Waals surface area contributed by atoms with E-state index in [1.165, 1.54) is 26.2 Å². The number of nitrogens with one attached hydrogen (secondary N) is 1. The summed E-state index contributed by atoms with van der Waals surface area (Å²) in [7, 11) is 1.50. The van der Waals surface area contributed by atoms with E-state index in [0.29, 0.717) is 28.2 Å². The molecule has 1 atom stereocenters. The summed E-state index contributed by atoms with van der Waals surface area (Å²) in [5.74, 6) is 0.0251. The zero-order valence-electron chi connectivity index (χ0n) is 18.3. The number of para-hydroxylation sites is 1. The highest BCUT2D eigenvalue weighted by molar-refractivity contribution is 5.96. The smallest absolute Gasteiger partial charge is 0.418 e. The number of amides is 1. The highest BCUT2D eigenvalue weighted by Gasteiger charge is 2.34. The fraction of sp³-hybridized carbons (Fsp3) is 0.217. The van der Waals surface area contributed by atoms with Gasteiger partial charge in [-0.2, -0.15) is 18.3 Å². The van der Waals surface area contributed by atoms with Crippen LogP contribution in [0.1, 0.15) is 24.3 Å². The van der Waals surface area contributed by atoms with Gasteiger partial charge in [-0.05, 0) is 38.1 Å². The van der Waals surface area contributed by atoms with Crippen molar-refractivity contribution in [2.75, 3.05) is 12.4 Å². The van der Waals surface area contributed by atoms with Gasteiger partial charge < -0.3 is 14.6 Å². The number of carbonyl (C=O) groups excluding carboxylic acids is 1.